The maximum absolute atomic E-state index is 14.6. The third kappa shape index (κ3) is 31.4. The lowest BCUT2D eigenvalue weighted by Crippen LogP contribution is -2.62. The van der Waals surface area contributed by atoms with E-state index in [2.05, 4.69) is 52.2 Å². The predicted molar refractivity (Wildman–Crippen MR) is 302 cm³/mol. The maximum atomic E-state index is 14.6. The van der Waals surface area contributed by atoms with Gasteiger partial charge in [-0.2, -0.15) is 0 Å². The second-order valence-corrected chi connectivity index (χ2v) is 22.3. The van der Waals surface area contributed by atoms with Gasteiger partial charge in [-0.25, -0.2) is 9.36 Å². The van der Waals surface area contributed by atoms with Crippen LogP contribution < -0.4 is 83.1 Å². The summed E-state index contributed by atoms with van der Waals surface area (Å²) in [4.78, 5) is 123. The monoisotopic (exact) mass is 1160 g/mol. The van der Waals surface area contributed by atoms with Gasteiger partial charge in [0, 0.05) is 33.9 Å². The van der Waals surface area contributed by atoms with Crippen LogP contribution in [-0.2, 0) is 56.5 Å². The highest BCUT2D eigenvalue weighted by molar-refractivity contribution is 7.48. The molecular weight excluding hydrogens is 1070 g/mol. The molecule has 0 fully saturated rings. The van der Waals surface area contributed by atoms with Crippen LogP contribution in [0.3, 0.4) is 0 Å². The maximum Gasteiger partial charge on any atom is 0.474 e. The molecule has 0 aliphatic carbocycles. The molecule has 80 heavy (non-hydrogen) atoms. The van der Waals surface area contributed by atoms with Crippen LogP contribution in [0.5, 0.6) is 0 Å². The van der Waals surface area contributed by atoms with Gasteiger partial charge in [0.05, 0.1) is 12.1 Å². The summed E-state index contributed by atoms with van der Waals surface area (Å²) >= 11 is 0. The van der Waals surface area contributed by atoms with E-state index in [0.29, 0.717) is 19.4 Å². The van der Waals surface area contributed by atoms with Gasteiger partial charge in [-0.15, -0.1) is 0 Å². The first kappa shape index (κ1) is 73.6. The van der Waals surface area contributed by atoms with Crippen LogP contribution in [0, 0.1) is 17.8 Å². The first-order valence-electron chi connectivity index (χ1n) is 26.8. The Hall–Kier alpha value is -6.40. The SMILES string of the molecule is COP(=O)(OC)O[C@H](C)[C@H](NC(=O)[C@H](CCCN=C(N)N)NC(=O)[C@@H](N)CCCCN)C(=O)N[C@@H](CC(C)C)C(=O)N[C@@H](CCCN=C(N)N)C(=O)N[C@@H](CCCN=C(N)N)C(=O)N[C@@H](CC(C)C)C(=O)N[C@@H](CC(C)C)C(=O)O. The second-order valence-electron chi connectivity index (χ2n) is 20.4. The normalized spacial score (nSPS) is 14.8. The molecule has 0 aromatic heterocycles. The van der Waals surface area contributed by atoms with Gasteiger partial charge < -0.3 is 88.2 Å². The molecule has 0 bridgehead atoms. The summed E-state index contributed by atoms with van der Waals surface area (Å²) in [5, 5.41) is 28.1. The Morgan fingerprint density at radius 1 is 0.463 bits per heavy atom. The molecule has 460 valence electrons. The Kier molecular flexibility index (Phi) is 35.9. The van der Waals surface area contributed by atoms with Crippen LogP contribution in [0.2, 0.25) is 0 Å². The summed E-state index contributed by atoms with van der Waals surface area (Å²) in [5.74, 6) is -8.59. The second kappa shape index (κ2) is 39.1. The molecule has 0 aromatic carbocycles. The van der Waals surface area contributed by atoms with E-state index in [1.165, 1.54) is 6.92 Å². The predicted octanol–water partition coefficient (Wildman–Crippen LogP) is -2.97. The zero-order chi connectivity index (χ0) is 61.3. The summed E-state index contributed by atoms with van der Waals surface area (Å²) in [6, 6.07) is -11.0. The lowest BCUT2D eigenvalue weighted by Gasteiger charge is -2.31. The summed E-state index contributed by atoms with van der Waals surface area (Å²) in [6.07, 6.45) is 0.0645. The number of aliphatic carboxylic acids is 1. The Morgan fingerprint density at radius 2 is 0.787 bits per heavy atom. The molecule has 32 heteroatoms. The van der Waals surface area contributed by atoms with Crippen LogP contribution in [-0.4, -0.2) is 165 Å². The Balaban J connectivity index is 7.36. The van der Waals surface area contributed by atoms with Crippen molar-refractivity contribution >= 4 is 73.0 Å². The van der Waals surface area contributed by atoms with E-state index >= 15 is 0 Å². The number of nitrogens with two attached hydrogens (primary N) is 8. The van der Waals surface area contributed by atoms with Crippen molar-refractivity contribution in [1.82, 2.24) is 37.2 Å². The number of phosphoric ester groups is 1. The molecule has 0 radical (unpaired) electrons. The standard InChI is InChI=1S/C48H95N18O13P/c1-26(2)23-34(43(72)65-36(45(74)75)25-28(5)6)63-40(69)32(17-13-21-58-47(53)54)61-39(68)31(16-12-20-57-46(51)52)62-42(71)35(24-27(3)4)64-44(73)37(29(7)79-80(76,77-8)78-9)66-41(70)33(18-14-22-59-48(55)56)60-38(67)30(50)15-10-11-19-49/h26-37H,10-25,49-50H2,1-9H3,(H,60,67)(H,61,68)(H,62,71)(H,63,69)(H,64,73)(H,65,72)(H,66,70)(H,74,75)(H4,51,52,57)(H4,53,54,58)(H4,55,56,59)/t29-,30+,31+,32+,33+,34+,35+,36+,37+/m1/s1. The van der Waals surface area contributed by atoms with Crippen molar-refractivity contribution in [2.75, 3.05) is 40.4 Å². The number of carboxylic acids is 1. The number of guanidine groups is 3. The number of rotatable bonds is 42. The molecule has 0 aliphatic rings. The molecule has 0 spiro atoms. The number of hydrogen-bond donors (Lipinski definition) is 16. The lowest BCUT2D eigenvalue weighted by atomic mass is 9.99. The van der Waals surface area contributed by atoms with Crippen molar-refractivity contribution in [3.63, 3.8) is 0 Å². The molecule has 0 aromatic rings. The lowest BCUT2D eigenvalue weighted by molar-refractivity contribution is -0.143. The van der Waals surface area contributed by atoms with E-state index < -0.39 is 110 Å². The quantitative estimate of drug-likeness (QED) is 0.0126. The average Bonchev–Trinajstić information content (AvgIpc) is 3.36. The largest absolute Gasteiger partial charge is 0.480 e. The van der Waals surface area contributed by atoms with Crippen molar-refractivity contribution < 1.29 is 61.6 Å². The highest BCUT2D eigenvalue weighted by Gasteiger charge is 2.39. The van der Waals surface area contributed by atoms with Gasteiger partial charge in [0.2, 0.25) is 41.4 Å². The van der Waals surface area contributed by atoms with E-state index in [1.807, 2.05) is 0 Å². The fourth-order valence-corrected chi connectivity index (χ4v) is 8.61. The minimum atomic E-state index is -4.37. The van der Waals surface area contributed by atoms with E-state index in [-0.39, 0.29) is 119 Å². The van der Waals surface area contributed by atoms with Gasteiger partial charge in [-0.1, -0.05) is 48.0 Å². The molecule has 9 atom stereocenters. The molecule has 0 heterocycles. The number of hydrogen-bond acceptors (Lipinski definition) is 17. The molecule has 31 nitrogen and oxygen atoms in total. The van der Waals surface area contributed by atoms with Gasteiger partial charge >= 0.3 is 13.8 Å². The minimum Gasteiger partial charge on any atom is -0.480 e. The number of carbonyl (C=O) groups is 8. The Labute approximate surface area is 469 Å². The zero-order valence-electron chi connectivity index (χ0n) is 48.0. The summed E-state index contributed by atoms with van der Waals surface area (Å²) in [6.45, 7) is 12.4. The first-order valence-corrected chi connectivity index (χ1v) is 28.2. The van der Waals surface area contributed by atoms with Crippen LogP contribution in [0.25, 0.3) is 0 Å². The van der Waals surface area contributed by atoms with Crippen LogP contribution in [0.1, 0.15) is 126 Å². The third-order valence-electron chi connectivity index (χ3n) is 11.8. The van der Waals surface area contributed by atoms with Crippen molar-refractivity contribution in [3.05, 3.63) is 0 Å². The number of carboxylic acid groups (broad SMARTS) is 1. The zero-order valence-corrected chi connectivity index (χ0v) is 48.9. The van der Waals surface area contributed by atoms with E-state index in [4.69, 9.17) is 59.4 Å². The van der Waals surface area contributed by atoms with E-state index in [1.54, 1.807) is 41.5 Å². The van der Waals surface area contributed by atoms with Crippen LogP contribution >= 0.6 is 7.82 Å². The van der Waals surface area contributed by atoms with Crippen molar-refractivity contribution in [2.45, 2.75) is 180 Å². The first-order chi connectivity index (χ1) is 37.4. The van der Waals surface area contributed by atoms with Crippen molar-refractivity contribution in [3.8, 4) is 0 Å². The molecule has 0 unspecified atom stereocenters. The fourth-order valence-electron chi connectivity index (χ4n) is 7.76. The third-order valence-corrected chi connectivity index (χ3v) is 13.3. The number of nitrogens with one attached hydrogen (secondary N) is 7. The van der Waals surface area contributed by atoms with Crippen molar-refractivity contribution in [2.24, 2.45) is 78.6 Å². The number of amides is 7. The molecule has 0 aliphatic heterocycles. The molecule has 0 rings (SSSR count). The highest BCUT2D eigenvalue weighted by Crippen LogP contribution is 2.49. The van der Waals surface area contributed by atoms with E-state index in [0.717, 1.165) is 14.2 Å². The molecule has 0 saturated carbocycles. The minimum absolute atomic E-state index is 0.00125. The Bertz CT molecular complexity index is 2100. The van der Waals surface area contributed by atoms with Gasteiger partial charge in [-0.05, 0) is 102 Å². The Morgan fingerprint density at radius 3 is 1.14 bits per heavy atom. The van der Waals surface area contributed by atoms with Gasteiger partial charge in [0.1, 0.15) is 42.3 Å². The summed E-state index contributed by atoms with van der Waals surface area (Å²) in [7, 11) is -2.33. The van der Waals surface area contributed by atoms with Gasteiger partial charge in [0.25, 0.3) is 0 Å². The molecule has 0 saturated heterocycles. The molecule has 7 amide bonds. The summed E-state index contributed by atoms with van der Waals surface area (Å²) < 4.78 is 28.8. The number of nitrogens with zero attached hydrogens (tertiary/aromatic N) is 3. The summed E-state index contributed by atoms with van der Waals surface area (Å²) in [5.41, 5.74) is 44.9. The number of unbranched alkanes of at least 4 members (excludes halogenated alkanes) is 1. The number of phosphoric acid groups is 1. The smallest absolute Gasteiger partial charge is 0.474 e. The topological polar surface area (TPSA) is 531 Å². The van der Waals surface area contributed by atoms with E-state index in [9.17, 15) is 48.0 Å². The van der Waals surface area contributed by atoms with Gasteiger partial charge in [0.15, 0.2) is 17.9 Å². The van der Waals surface area contributed by atoms with Gasteiger partial charge in [-0.3, -0.25) is 62.1 Å². The number of carbonyl (C=O) groups excluding carboxylic acids is 7. The fraction of sp³-hybridized carbons (Fsp3) is 0.771. The van der Waals surface area contributed by atoms with Crippen molar-refractivity contribution in [1.29, 1.82) is 0 Å². The number of aliphatic imine (C=N–C) groups is 3. The average molecular weight is 1160 g/mol. The molecule has 24 N–H and O–H groups in total. The van der Waals surface area contributed by atoms with Crippen LogP contribution in [0.4, 0.5) is 0 Å². The molecular formula is C48H95N18O13P. The highest BCUT2D eigenvalue weighted by atomic mass is 31.2. The van der Waals surface area contributed by atoms with Crippen LogP contribution in [0.15, 0.2) is 15.0 Å².